The Morgan fingerprint density at radius 3 is 2.82 bits per heavy atom. The van der Waals surface area contributed by atoms with E-state index in [9.17, 15) is 0 Å². The van der Waals surface area contributed by atoms with Crippen molar-refractivity contribution in [1.82, 2.24) is 10.2 Å². The third-order valence-electron chi connectivity index (χ3n) is 4.33. The highest BCUT2D eigenvalue weighted by Gasteiger charge is 2.27. The van der Waals surface area contributed by atoms with Crippen molar-refractivity contribution < 1.29 is 4.74 Å². The molecule has 3 nitrogen and oxygen atoms in total. The summed E-state index contributed by atoms with van der Waals surface area (Å²) in [5.74, 6) is 0. The summed E-state index contributed by atoms with van der Waals surface area (Å²) in [6.45, 7) is 9.12. The molecule has 1 N–H and O–H groups in total. The SMILES string of the molecule is CCC1CC(N(CC)CC2CCCN2)CCO1. The van der Waals surface area contributed by atoms with Crippen molar-refractivity contribution in [2.24, 2.45) is 0 Å². The van der Waals surface area contributed by atoms with Crippen LogP contribution in [0.3, 0.4) is 0 Å². The molecule has 2 rings (SSSR count). The van der Waals surface area contributed by atoms with E-state index in [0.29, 0.717) is 6.10 Å². The third kappa shape index (κ3) is 3.67. The van der Waals surface area contributed by atoms with Gasteiger partial charge in [0.2, 0.25) is 0 Å². The van der Waals surface area contributed by atoms with E-state index in [1.54, 1.807) is 0 Å². The van der Waals surface area contributed by atoms with Gasteiger partial charge in [-0.15, -0.1) is 0 Å². The maximum absolute atomic E-state index is 5.78. The summed E-state index contributed by atoms with van der Waals surface area (Å²) >= 11 is 0. The first-order chi connectivity index (χ1) is 8.33. The lowest BCUT2D eigenvalue weighted by molar-refractivity contribution is -0.0286. The minimum absolute atomic E-state index is 0.499. The van der Waals surface area contributed by atoms with Gasteiger partial charge in [-0.05, 0) is 45.2 Å². The van der Waals surface area contributed by atoms with Crippen molar-refractivity contribution in [2.45, 2.75) is 64.1 Å². The van der Waals surface area contributed by atoms with Gasteiger partial charge >= 0.3 is 0 Å². The van der Waals surface area contributed by atoms with Crippen molar-refractivity contribution >= 4 is 0 Å². The molecular weight excluding hydrogens is 212 g/mol. The van der Waals surface area contributed by atoms with E-state index in [2.05, 4.69) is 24.1 Å². The predicted molar refractivity (Wildman–Crippen MR) is 71.3 cm³/mol. The Kier molecular flexibility index (Phi) is 5.26. The highest BCUT2D eigenvalue weighted by Crippen LogP contribution is 2.22. The molecule has 0 saturated carbocycles. The van der Waals surface area contributed by atoms with Gasteiger partial charge < -0.3 is 10.1 Å². The molecule has 0 radical (unpaired) electrons. The summed E-state index contributed by atoms with van der Waals surface area (Å²) < 4.78 is 5.78. The van der Waals surface area contributed by atoms with Crippen LogP contribution in [0.15, 0.2) is 0 Å². The van der Waals surface area contributed by atoms with Crippen LogP contribution in [0.1, 0.15) is 46.0 Å². The standard InChI is InChI=1S/C14H28N2O/c1-3-14-10-13(7-9-17-14)16(4-2)11-12-6-5-8-15-12/h12-15H,3-11H2,1-2H3. The molecule has 0 spiro atoms. The molecule has 0 aromatic rings. The average Bonchev–Trinajstić information content (AvgIpc) is 2.89. The van der Waals surface area contributed by atoms with E-state index in [0.717, 1.165) is 25.1 Å². The molecule has 0 aromatic carbocycles. The molecule has 2 saturated heterocycles. The fourth-order valence-corrected chi connectivity index (χ4v) is 3.21. The largest absolute Gasteiger partial charge is 0.378 e. The number of ether oxygens (including phenoxy) is 1. The van der Waals surface area contributed by atoms with Gasteiger partial charge in [-0.3, -0.25) is 4.90 Å². The second kappa shape index (κ2) is 6.72. The first kappa shape index (κ1) is 13.3. The van der Waals surface area contributed by atoms with Crippen molar-refractivity contribution in [2.75, 3.05) is 26.2 Å². The molecule has 3 unspecified atom stereocenters. The van der Waals surface area contributed by atoms with Gasteiger partial charge in [-0.2, -0.15) is 0 Å². The molecule has 2 aliphatic heterocycles. The highest BCUT2D eigenvalue weighted by atomic mass is 16.5. The Morgan fingerprint density at radius 2 is 2.18 bits per heavy atom. The van der Waals surface area contributed by atoms with Crippen LogP contribution in [0.2, 0.25) is 0 Å². The van der Waals surface area contributed by atoms with E-state index in [-0.39, 0.29) is 0 Å². The molecule has 0 amide bonds. The molecule has 100 valence electrons. The zero-order valence-electron chi connectivity index (χ0n) is 11.5. The summed E-state index contributed by atoms with van der Waals surface area (Å²) in [6, 6.07) is 1.49. The van der Waals surface area contributed by atoms with E-state index in [4.69, 9.17) is 4.74 Å². The van der Waals surface area contributed by atoms with Crippen LogP contribution in [0.25, 0.3) is 0 Å². The number of hydrogen-bond donors (Lipinski definition) is 1. The summed E-state index contributed by atoms with van der Waals surface area (Å²) in [6.07, 6.45) is 6.83. The lowest BCUT2D eigenvalue weighted by Gasteiger charge is -2.38. The van der Waals surface area contributed by atoms with Crippen LogP contribution >= 0.6 is 0 Å². The topological polar surface area (TPSA) is 24.5 Å². The summed E-state index contributed by atoms with van der Waals surface area (Å²) in [5.41, 5.74) is 0. The quantitative estimate of drug-likeness (QED) is 0.795. The van der Waals surface area contributed by atoms with Crippen molar-refractivity contribution in [1.29, 1.82) is 0 Å². The molecule has 3 atom stereocenters. The van der Waals surface area contributed by atoms with Crippen molar-refractivity contribution in [3.63, 3.8) is 0 Å². The van der Waals surface area contributed by atoms with Crippen LogP contribution in [0.4, 0.5) is 0 Å². The second-order valence-electron chi connectivity index (χ2n) is 5.46. The maximum atomic E-state index is 5.78. The number of rotatable bonds is 5. The normalized spacial score (nSPS) is 34.4. The molecule has 3 heteroatoms. The highest BCUT2D eigenvalue weighted by molar-refractivity contribution is 4.84. The van der Waals surface area contributed by atoms with E-state index in [1.807, 2.05) is 0 Å². The average molecular weight is 240 g/mol. The Morgan fingerprint density at radius 1 is 1.29 bits per heavy atom. The third-order valence-corrected chi connectivity index (χ3v) is 4.33. The van der Waals surface area contributed by atoms with Crippen LogP contribution in [-0.4, -0.2) is 49.3 Å². The minimum atomic E-state index is 0.499. The summed E-state index contributed by atoms with van der Waals surface area (Å²) in [4.78, 5) is 2.67. The Bertz CT molecular complexity index is 216. The molecule has 0 bridgehead atoms. The molecule has 2 fully saturated rings. The van der Waals surface area contributed by atoms with Gasteiger partial charge in [-0.25, -0.2) is 0 Å². The smallest absolute Gasteiger partial charge is 0.0587 e. The number of likely N-dealkylation sites (N-methyl/N-ethyl adjacent to an activating group) is 1. The van der Waals surface area contributed by atoms with E-state index >= 15 is 0 Å². The molecule has 2 heterocycles. The second-order valence-corrected chi connectivity index (χ2v) is 5.46. The molecular formula is C14H28N2O. The first-order valence-corrected chi connectivity index (χ1v) is 7.42. The number of nitrogens with one attached hydrogen (secondary N) is 1. The maximum Gasteiger partial charge on any atom is 0.0587 e. The monoisotopic (exact) mass is 240 g/mol. The number of hydrogen-bond acceptors (Lipinski definition) is 3. The fourth-order valence-electron chi connectivity index (χ4n) is 3.21. The lowest BCUT2D eigenvalue weighted by Crippen LogP contribution is -2.47. The van der Waals surface area contributed by atoms with Crippen LogP contribution in [-0.2, 0) is 4.74 Å². The summed E-state index contributed by atoms with van der Waals surface area (Å²) in [7, 11) is 0. The molecule has 0 aromatic heterocycles. The van der Waals surface area contributed by atoms with Crippen molar-refractivity contribution in [3.05, 3.63) is 0 Å². The zero-order chi connectivity index (χ0) is 12.1. The molecule has 2 aliphatic rings. The Balaban J connectivity index is 1.83. The Labute approximate surface area is 106 Å². The van der Waals surface area contributed by atoms with Crippen LogP contribution in [0, 0.1) is 0 Å². The molecule has 0 aliphatic carbocycles. The summed E-state index contributed by atoms with van der Waals surface area (Å²) in [5, 5.41) is 3.61. The van der Waals surface area contributed by atoms with E-state index < -0.39 is 0 Å². The van der Waals surface area contributed by atoms with Gasteiger partial charge in [-0.1, -0.05) is 13.8 Å². The molecule has 17 heavy (non-hydrogen) atoms. The first-order valence-electron chi connectivity index (χ1n) is 7.42. The van der Waals surface area contributed by atoms with E-state index in [1.165, 1.54) is 45.3 Å². The number of nitrogens with zero attached hydrogens (tertiary/aromatic N) is 1. The van der Waals surface area contributed by atoms with Crippen LogP contribution in [0.5, 0.6) is 0 Å². The van der Waals surface area contributed by atoms with Gasteiger partial charge in [0, 0.05) is 25.2 Å². The van der Waals surface area contributed by atoms with Gasteiger partial charge in [0.25, 0.3) is 0 Å². The van der Waals surface area contributed by atoms with Gasteiger partial charge in [0.15, 0.2) is 0 Å². The van der Waals surface area contributed by atoms with Crippen LogP contribution < -0.4 is 5.32 Å². The van der Waals surface area contributed by atoms with Gasteiger partial charge in [0.1, 0.15) is 0 Å². The predicted octanol–water partition coefficient (Wildman–Crippen LogP) is 2.02. The van der Waals surface area contributed by atoms with Crippen molar-refractivity contribution in [3.8, 4) is 0 Å². The lowest BCUT2D eigenvalue weighted by atomic mass is 9.99. The van der Waals surface area contributed by atoms with Gasteiger partial charge in [0.05, 0.1) is 6.10 Å². The minimum Gasteiger partial charge on any atom is -0.378 e. The Hall–Kier alpha value is -0.120. The zero-order valence-corrected chi connectivity index (χ0v) is 11.5. The fraction of sp³-hybridized carbons (Fsp3) is 1.00.